The molecule has 0 amide bonds. The molecule has 3 aromatic rings. The standard InChI is InChI=1S/C23H28ClN3O3S/c1-4-18(5-2)23(26-31(28,29)21-12-8-19(24)9-13-21)22-14-15-25-27(22)16-17-6-10-20(30-3)11-7-17/h6-15,18,23,26H,4-5,16H2,1-3H3. The topological polar surface area (TPSA) is 73.2 Å². The molecule has 166 valence electrons. The van der Waals surface area contributed by atoms with Crippen molar-refractivity contribution in [1.82, 2.24) is 14.5 Å². The van der Waals surface area contributed by atoms with E-state index in [9.17, 15) is 8.42 Å². The molecular weight excluding hydrogens is 434 g/mol. The Morgan fingerprint density at radius 3 is 2.26 bits per heavy atom. The normalized spacial score (nSPS) is 12.8. The summed E-state index contributed by atoms with van der Waals surface area (Å²) in [6, 6.07) is 15.4. The van der Waals surface area contributed by atoms with Crippen molar-refractivity contribution in [2.45, 2.75) is 44.2 Å². The zero-order chi connectivity index (χ0) is 22.4. The van der Waals surface area contributed by atoms with E-state index in [1.165, 1.54) is 12.1 Å². The Hall–Kier alpha value is -2.35. The van der Waals surface area contributed by atoms with Gasteiger partial charge in [-0.3, -0.25) is 4.68 Å². The van der Waals surface area contributed by atoms with Crippen LogP contribution in [-0.2, 0) is 16.6 Å². The minimum atomic E-state index is -3.73. The van der Waals surface area contributed by atoms with Gasteiger partial charge in [0.1, 0.15) is 5.75 Å². The molecule has 1 aromatic heterocycles. The first kappa shape index (κ1) is 23.3. The molecule has 8 heteroatoms. The number of hydrogen-bond donors (Lipinski definition) is 1. The maximum absolute atomic E-state index is 13.1. The van der Waals surface area contributed by atoms with Crippen LogP contribution in [0.4, 0.5) is 0 Å². The Labute approximate surface area is 189 Å². The summed E-state index contributed by atoms with van der Waals surface area (Å²) in [6.45, 7) is 4.68. The lowest BCUT2D eigenvalue weighted by Crippen LogP contribution is -2.35. The fourth-order valence-electron chi connectivity index (χ4n) is 3.65. The molecule has 6 nitrogen and oxygen atoms in total. The van der Waals surface area contributed by atoms with Crippen molar-refractivity contribution in [3.63, 3.8) is 0 Å². The van der Waals surface area contributed by atoms with Gasteiger partial charge in [0.25, 0.3) is 0 Å². The molecule has 0 aliphatic rings. The summed E-state index contributed by atoms with van der Waals surface area (Å²) in [5.41, 5.74) is 1.89. The monoisotopic (exact) mass is 461 g/mol. The average Bonchev–Trinajstić information content (AvgIpc) is 3.22. The molecule has 0 aliphatic carbocycles. The molecule has 0 spiro atoms. The van der Waals surface area contributed by atoms with E-state index in [1.807, 2.05) is 35.0 Å². The summed E-state index contributed by atoms with van der Waals surface area (Å²) in [6.07, 6.45) is 3.38. The van der Waals surface area contributed by atoms with Crippen LogP contribution in [0.5, 0.6) is 5.75 Å². The fourth-order valence-corrected chi connectivity index (χ4v) is 5.05. The molecule has 1 unspecified atom stereocenters. The van der Waals surface area contributed by atoms with Crippen LogP contribution in [-0.4, -0.2) is 25.3 Å². The van der Waals surface area contributed by atoms with Gasteiger partial charge < -0.3 is 4.74 Å². The highest BCUT2D eigenvalue weighted by Gasteiger charge is 2.29. The van der Waals surface area contributed by atoms with Crippen LogP contribution in [0, 0.1) is 5.92 Å². The molecule has 2 aromatic carbocycles. The first-order chi connectivity index (χ1) is 14.9. The number of hydrogen-bond acceptors (Lipinski definition) is 4. The quantitative estimate of drug-likeness (QED) is 0.458. The van der Waals surface area contributed by atoms with Gasteiger partial charge in [0.2, 0.25) is 10.0 Å². The van der Waals surface area contributed by atoms with E-state index in [0.717, 1.165) is 29.8 Å². The Morgan fingerprint density at radius 1 is 1.03 bits per heavy atom. The third kappa shape index (κ3) is 5.67. The predicted molar refractivity (Wildman–Crippen MR) is 123 cm³/mol. The summed E-state index contributed by atoms with van der Waals surface area (Å²) < 4.78 is 36.3. The number of aromatic nitrogens is 2. The number of ether oxygens (including phenoxy) is 1. The number of rotatable bonds is 10. The maximum atomic E-state index is 13.1. The van der Waals surface area contributed by atoms with E-state index >= 15 is 0 Å². The van der Waals surface area contributed by atoms with Crippen LogP contribution in [0.3, 0.4) is 0 Å². The fraction of sp³-hybridized carbons (Fsp3) is 0.348. The van der Waals surface area contributed by atoms with Gasteiger partial charge in [-0.15, -0.1) is 0 Å². The lowest BCUT2D eigenvalue weighted by molar-refractivity contribution is 0.359. The van der Waals surface area contributed by atoms with Gasteiger partial charge in [-0.25, -0.2) is 13.1 Å². The van der Waals surface area contributed by atoms with Crippen molar-refractivity contribution in [3.8, 4) is 5.75 Å². The first-order valence-electron chi connectivity index (χ1n) is 10.3. The minimum Gasteiger partial charge on any atom is -0.497 e. The molecule has 0 bridgehead atoms. The first-order valence-corrected chi connectivity index (χ1v) is 12.2. The van der Waals surface area contributed by atoms with Gasteiger partial charge in [-0.2, -0.15) is 5.10 Å². The summed E-state index contributed by atoms with van der Waals surface area (Å²) in [5.74, 6) is 0.906. The van der Waals surface area contributed by atoms with Crippen LogP contribution in [0.15, 0.2) is 65.7 Å². The maximum Gasteiger partial charge on any atom is 0.241 e. The number of methoxy groups -OCH3 is 1. The third-order valence-electron chi connectivity index (χ3n) is 5.49. The van der Waals surface area contributed by atoms with E-state index in [-0.39, 0.29) is 10.8 Å². The number of sulfonamides is 1. The molecule has 0 fully saturated rings. The molecular formula is C23H28ClN3O3S. The van der Waals surface area contributed by atoms with Crippen molar-refractivity contribution in [1.29, 1.82) is 0 Å². The van der Waals surface area contributed by atoms with Crippen LogP contribution in [0.2, 0.25) is 5.02 Å². The second-order valence-corrected chi connectivity index (χ2v) is 9.54. The van der Waals surface area contributed by atoms with Crippen LogP contribution < -0.4 is 9.46 Å². The van der Waals surface area contributed by atoms with Crippen LogP contribution in [0.1, 0.15) is 44.0 Å². The summed E-state index contributed by atoms with van der Waals surface area (Å²) in [7, 11) is -2.10. The molecule has 1 heterocycles. The Bertz CT molecular complexity index is 1080. The van der Waals surface area contributed by atoms with Crippen molar-refractivity contribution in [3.05, 3.63) is 77.1 Å². The smallest absolute Gasteiger partial charge is 0.241 e. The Morgan fingerprint density at radius 2 is 1.68 bits per heavy atom. The van der Waals surface area contributed by atoms with Gasteiger partial charge in [-0.1, -0.05) is 50.4 Å². The summed E-state index contributed by atoms with van der Waals surface area (Å²) in [4.78, 5) is 0.189. The van der Waals surface area contributed by atoms with Gasteiger partial charge >= 0.3 is 0 Å². The number of benzene rings is 2. The molecule has 3 rings (SSSR count). The summed E-state index contributed by atoms with van der Waals surface area (Å²) >= 11 is 5.93. The second-order valence-electron chi connectivity index (χ2n) is 7.39. The Kier molecular flexibility index (Phi) is 7.75. The lowest BCUT2D eigenvalue weighted by atomic mass is 9.92. The molecule has 0 aliphatic heterocycles. The zero-order valence-corrected chi connectivity index (χ0v) is 19.5. The zero-order valence-electron chi connectivity index (χ0n) is 18.0. The van der Waals surface area contributed by atoms with Crippen molar-refractivity contribution in [2.24, 2.45) is 5.92 Å². The molecule has 0 saturated carbocycles. The molecule has 0 saturated heterocycles. The highest BCUT2D eigenvalue weighted by Crippen LogP contribution is 2.30. The molecule has 31 heavy (non-hydrogen) atoms. The average molecular weight is 462 g/mol. The Balaban J connectivity index is 1.92. The number of nitrogens with one attached hydrogen (secondary N) is 1. The minimum absolute atomic E-state index is 0.119. The van der Waals surface area contributed by atoms with Crippen LogP contribution >= 0.6 is 11.6 Å². The SMILES string of the molecule is CCC(CC)C(NS(=O)(=O)c1ccc(Cl)cc1)c1ccnn1Cc1ccc(OC)cc1. The number of nitrogens with zero attached hydrogens (tertiary/aromatic N) is 2. The highest BCUT2D eigenvalue weighted by atomic mass is 35.5. The highest BCUT2D eigenvalue weighted by molar-refractivity contribution is 7.89. The van der Waals surface area contributed by atoms with Crippen LogP contribution in [0.25, 0.3) is 0 Å². The van der Waals surface area contributed by atoms with Gasteiger partial charge in [0, 0.05) is 11.2 Å². The van der Waals surface area contributed by atoms with Crippen molar-refractivity contribution in [2.75, 3.05) is 7.11 Å². The van der Waals surface area contributed by atoms with E-state index in [1.54, 1.807) is 25.4 Å². The van der Waals surface area contributed by atoms with E-state index in [0.29, 0.717) is 11.6 Å². The lowest BCUT2D eigenvalue weighted by Gasteiger charge is -2.27. The third-order valence-corrected chi connectivity index (χ3v) is 7.19. The van der Waals surface area contributed by atoms with Gasteiger partial charge in [0.05, 0.1) is 30.3 Å². The molecule has 0 radical (unpaired) electrons. The van der Waals surface area contributed by atoms with Gasteiger partial charge in [0.15, 0.2) is 0 Å². The van der Waals surface area contributed by atoms with Crippen molar-refractivity contribution >= 4 is 21.6 Å². The second kappa shape index (κ2) is 10.3. The molecule has 1 atom stereocenters. The van der Waals surface area contributed by atoms with Crippen molar-refractivity contribution < 1.29 is 13.2 Å². The van der Waals surface area contributed by atoms with E-state index in [2.05, 4.69) is 23.7 Å². The summed E-state index contributed by atoms with van der Waals surface area (Å²) in [5, 5.41) is 4.97. The predicted octanol–water partition coefficient (Wildman–Crippen LogP) is 5.05. The molecule has 1 N–H and O–H groups in total. The largest absolute Gasteiger partial charge is 0.497 e. The number of halogens is 1. The van der Waals surface area contributed by atoms with E-state index < -0.39 is 16.1 Å². The van der Waals surface area contributed by atoms with E-state index in [4.69, 9.17) is 16.3 Å². The van der Waals surface area contributed by atoms with Gasteiger partial charge in [-0.05, 0) is 53.9 Å².